The van der Waals surface area contributed by atoms with Crippen molar-refractivity contribution in [2.45, 2.75) is 27.2 Å². The maximum Gasteiger partial charge on any atom is 0.0660 e. The van der Waals surface area contributed by atoms with Crippen LogP contribution in [0.15, 0.2) is 23.2 Å². The van der Waals surface area contributed by atoms with Gasteiger partial charge in [0.1, 0.15) is 0 Å². The molecule has 0 aliphatic heterocycles. The van der Waals surface area contributed by atoms with E-state index in [0.717, 1.165) is 12.1 Å². The summed E-state index contributed by atoms with van der Waals surface area (Å²) in [6.45, 7) is 6.19. The van der Waals surface area contributed by atoms with Crippen molar-refractivity contribution >= 4 is 11.9 Å². The summed E-state index contributed by atoms with van der Waals surface area (Å²) in [6.07, 6.45) is 2.89. The average Bonchev–Trinajstić information content (AvgIpc) is 2.05. The van der Waals surface area contributed by atoms with E-state index in [2.05, 4.69) is 37.0 Å². The van der Waals surface area contributed by atoms with Crippen LogP contribution in [0.25, 0.3) is 0 Å². The second-order valence-electron chi connectivity index (χ2n) is 2.87. The first-order chi connectivity index (χ1) is 5.77. The van der Waals surface area contributed by atoms with Crippen LogP contribution in [0, 0.1) is 6.92 Å². The lowest BCUT2D eigenvalue weighted by molar-refractivity contribution is 1.13. The highest BCUT2D eigenvalue weighted by molar-refractivity contribution is 5.62. The maximum absolute atomic E-state index is 4.31. The molecule has 0 aliphatic rings. The summed E-state index contributed by atoms with van der Waals surface area (Å²) in [6, 6.07) is 6.41. The Hall–Kier alpha value is -1.11. The third-order valence-corrected chi connectivity index (χ3v) is 1.89. The van der Waals surface area contributed by atoms with Crippen LogP contribution in [0.5, 0.6) is 0 Å². The quantitative estimate of drug-likeness (QED) is 0.590. The lowest BCUT2D eigenvalue weighted by atomic mass is 10.1. The summed E-state index contributed by atoms with van der Waals surface area (Å²) in [4.78, 5) is 4.31. The van der Waals surface area contributed by atoms with E-state index in [1.165, 1.54) is 11.1 Å². The van der Waals surface area contributed by atoms with Crippen molar-refractivity contribution in [3.63, 3.8) is 0 Å². The zero-order valence-electron chi connectivity index (χ0n) is 7.96. The number of aryl methyl sites for hydroxylation is 2. The maximum atomic E-state index is 4.31. The van der Waals surface area contributed by atoms with Crippen LogP contribution in [0.2, 0.25) is 0 Å². The Balaban J connectivity index is 3.12. The highest BCUT2D eigenvalue weighted by Crippen LogP contribution is 2.20. The predicted molar refractivity (Wildman–Crippen MR) is 54.4 cm³/mol. The number of hydrogen-bond donors (Lipinski definition) is 0. The molecule has 1 heteroatoms. The molecule has 12 heavy (non-hydrogen) atoms. The van der Waals surface area contributed by atoms with Crippen LogP contribution >= 0.6 is 0 Å². The molecule has 0 saturated heterocycles. The summed E-state index contributed by atoms with van der Waals surface area (Å²) < 4.78 is 0. The molecule has 1 nitrogen and oxygen atoms in total. The molecule has 0 aromatic heterocycles. The van der Waals surface area contributed by atoms with Crippen LogP contribution in [-0.2, 0) is 6.42 Å². The van der Waals surface area contributed by atoms with Gasteiger partial charge in [0.2, 0.25) is 0 Å². The number of rotatable bonds is 2. The van der Waals surface area contributed by atoms with Crippen molar-refractivity contribution < 1.29 is 0 Å². The molecule has 1 aromatic carbocycles. The Morgan fingerprint density at radius 1 is 1.42 bits per heavy atom. The van der Waals surface area contributed by atoms with Crippen LogP contribution in [0.1, 0.15) is 25.0 Å². The van der Waals surface area contributed by atoms with Gasteiger partial charge in [-0.3, -0.25) is 4.99 Å². The number of aliphatic imine (C=N–C) groups is 1. The second kappa shape index (κ2) is 4.05. The minimum atomic E-state index is 1.05. The van der Waals surface area contributed by atoms with Crippen molar-refractivity contribution in [2.24, 2.45) is 4.99 Å². The van der Waals surface area contributed by atoms with Crippen molar-refractivity contribution in [3.05, 3.63) is 29.3 Å². The number of benzene rings is 1. The van der Waals surface area contributed by atoms with E-state index in [1.54, 1.807) is 0 Å². The molecule has 0 heterocycles. The minimum Gasteiger partial charge on any atom is -0.261 e. The molecular weight excluding hydrogens is 146 g/mol. The molecule has 0 amide bonds. The second-order valence-corrected chi connectivity index (χ2v) is 2.87. The van der Waals surface area contributed by atoms with Crippen molar-refractivity contribution in [1.82, 2.24) is 0 Å². The fourth-order valence-electron chi connectivity index (χ4n) is 1.23. The third kappa shape index (κ3) is 1.94. The molecule has 0 radical (unpaired) electrons. The first-order valence-corrected chi connectivity index (χ1v) is 4.36. The molecule has 1 rings (SSSR count). The lowest BCUT2D eigenvalue weighted by Crippen LogP contribution is -1.82. The van der Waals surface area contributed by atoms with Gasteiger partial charge in [0.05, 0.1) is 5.69 Å². The number of nitrogens with zero attached hydrogens (tertiary/aromatic N) is 1. The SMILES string of the molecule is C/C=N\c1cc(C)ccc1CC. The molecule has 0 unspecified atom stereocenters. The molecule has 0 fully saturated rings. The average molecular weight is 161 g/mol. The van der Waals surface area contributed by atoms with Crippen molar-refractivity contribution in [1.29, 1.82) is 0 Å². The zero-order chi connectivity index (χ0) is 8.97. The Morgan fingerprint density at radius 3 is 2.75 bits per heavy atom. The molecule has 0 bridgehead atoms. The van der Waals surface area contributed by atoms with Crippen LogP contribution in [0.3, 0.4) is 0 Å². The molecule has 0 N–H and O–H groups in total. The lowest BCUT2D eigenvalue weighted by Gasteiger charge is -2.02. The highest BCUT2D eigenvalue weighted by Gasteiger charge is 1.97. The zero-order valence-corrected chi connectivity index (χ0v) is 7.96. The standard InChI is InChI=1S/C11H15N/c1-4-10-7-6-9(3)8-11(10)12-5-2/h5-8H,4H2,1-3H3/b12-5-. The Labute approximate surface area is 74.2 Å². The van der Waals surface area contributed by atoms with E-state index in [-0.39, 0.29) is 0 Å². The molecular formula is C11H15N. The number of hydrogen-bond acceptors (Lipinski definition) is 1. The van der Waals surface area contributed by atoms with Crippen LogP contribution < -0.4 is 0 Å². The Kier molecular flexibility index (Phi) is 3.03. The normalized spacial score (nSPS) is 10.9. The molecule has 0 spiro atoms. The van der Waals surface area contributed by atoms with Crippen molar-refractivity contribution in [3.8, 4) is 0 Å². The molecule has 0 saturated carbocycles. The van der Waals surface area contributed by atoms with Crippen molar-refractivity contribution in [2.75, 3.05) is 0 Å². The van der Waals surface area contributed by atoms with Gasteiger partial charge >= 0.3 is 0 Å². The van der Waals surface area contributed by atoms with Gasteiger partial charge in [-0.05, 0) is 37.5 Å². The van der Waals surface area contributed by atoms with E-state index in [0.29, 0.717) is 0 Å². The summed E-state index contributed by atoms with van der Waals surface area (Å²) >= 11 is 0. The molecule has 0 atom stereocenters. The van der Waals surface area contributed by atoms with Gasteiger partial charge in [-0.15, -0.1) is 0 Å². The highest BCUT2D eigenvalue weighted by atomic mass is 14.7. The molecule has 64 valence electrons. The van der Waals surface area contributed by atoms with Gasteiger partial charge < -0.3 is 0 Å². The summed E-state index contributed by atoms with van der Waals surface area (Å²) in [5.41, 5.74) is 3.70. The van der Waals surface area contributed by atoms with E-state index < -0.39 is 0 Å². The van der Waals surface area contributed by atoms with E-state index in [1.807, 2.05) is 13.1 Å². The van der Waals surface area contributed by atoms with Gasteiger partial charge in [0.25, 0.3) is 0 Å². The Bertz CT molecular complexity index is 287. The first-order valence-electron chi connectivity index (χ1n) is 4.36. The molecule has 1 aromatic rings. The van der Waals surface area contributed by atoms with Gasteiger partial charge in [-0.1, -0.05) is 19.1 Å². The summed E-state index contributed by atoms with van der Waals surface area (Å²) in [5.74, 6) is 0. The minimum absolute atomic E-state index is 1.05. The summed E-state index contributed by atoms with van der Waals surface area (Å²) in [7, 11) is 0. The Morgan fingerprint density at radius 2 is 2.17 bits per heavy atom. The van der Waals surface area contributed by atoms with E-state index >= 15 is 0 Å². The van der Waals surface area contributed by atoms with Crippen LogP contribution in [0.4, 0.5) is 5.69 Å². The van der Waals surface area contributed by atoms with E-state index in [4.69, 9.17) is 0 Å². The first kappa shape index (κ1) is 8.98. The molecule has 0 aliphatic carbocycles. The largest absolute Gasteiger partial charge is 0.261 e. The topological polar surface area (TPSA) is 12.4 Å². The summed E-state index contributed by atoms with van der Waals surface area (Å²) in [5, 5.41) is 0. The fourth-order valence-corrected chi connectivity index (χ4v) is 1.23. The van der Waals surface area contributed by atoms with Gasteiger partial charge in [0, 0.05) is 6.21 Å². The van der Waals surface area contributed by atoms with E-state index in [9.17, 15) is 0 Å². The van der Waals surface area contributed by atoms with Crippen LogP contribution in [-0.4, -0.2) is 6.21 Å². The fraction of sp³-hybridized carbons (Fsp3) is 0.364. The van der Waals surface area contributed by atoms with Gasteiger partial charge in [-0.25, -0.2) is 0 Å². The van der Waals surface area contributed by atoms with Gasteiger partial charge in [-0.2, -0.15) is 0 Å². The smallest absolute Gasteiger partial charge is 0.0660 e. The predicted octanol–water partition coefficient (Wildman–Crippen LogP) is 3.28. The monoisotopic (exact) mass is 161 g/mol. The third-order valence-electron chi connectivity index (χ3n) is 1.89. The van der Waals surface area contributed by atoms with Gasteiger partial charge in [0.15, 0.2) is 0 Å².